The Kier molecular flexibility index (Phi) is 7.77. The van der Waals surface area contributed by atoms with E-state index in [2.05, 4.69) is 32.1 Å². The monoisotopic (exact) mass is 148 g/mol. The third kappa shape index (κ3) is 32.9. The maximum atomic E-state index is 4.39. The molecule has 0 fully saturated rings. The molecule has 0 aromatic rings. The first kappa shape index (κ1) is 11.6. The molecule has 0 atom stereocenters. The van der Waals surface area contributed by atoms with Crippen LogP contribution in [0.2, 0.25) is 0 Å². The van der Waals surface area contributed by atoms with Crippen molar-refractivity contribution in [2.75, 3.05) is 28.3 Å². The van der Waals surface area contributed by atoms with Gasteiger partial charge in [-0.25, -0.2) is 0 Å². The average Bonchev–Trinajstić information content (AvgIpc) is 1.67. The Morgan fingerprint density at radius 1 is 1.44 bits per heavy atom. The molecular weight excluding hydrogens is 130 g/mol. The van der Waals surface area contributed by atoms with Gasteiger partial charge in [-0.15, -0.1) is 0 Å². The Balaban J connectivity index is 0. The standard InChI is InChI=1S/C5H12N.CH6OSi/c1-5-6(2,3)4;1-2-3/h5H,1H2,2-4H3;1,3H3/q+1;. The lowest BCUT2D eigenvalue weighted by molar-refractivity contribution is -0.816. The minimum absolute atomic E-state index is 0.833. The minimum atomic E-state index is 0.833. The largest absolute Gasteiger partial charge is 0.431 e. The molecule has 3 heteroatoms. The molecule has 0 saturated heterocycles. The van der Waals surface area contributed by atoms with Crippen LogP contribution in [-0.2, 0) is 4.43 Å². The van der Waals surface area contributed by atoms with Crippen molar-refractivity contribution in [2.24, 2.45) is 0 Å². The van der Waals surface area contributed by atoms with Gasteiger partial charge in [-0.2, -0.15) is 0 Å². The molecule has 0 aliphatic heterocycles. The van der Waals surface area contributed by atoms with Gasteiger partial charge in [0.15, 0.2) is 0 Å². The van der Waals surface area contributed by atoms with Crippen molar-refractivity contribution in [2.45, 2.75) is 0 Å². The van der Waals surface area contributed by atoms with Crippen molar-refractivity contribution < 1.29 is 8.91 Å². The van der Waals surface area contributed by atoms with Crippen LogP contribution in [0.1, 0.15) is 0 Å². The highest BCUT2D eigenvalue weighted by Crippen LogP contribution is 1.85. The summed E-state index contributed by atoms with van der Waals surface area (Å²) in [5.41, 5.74) is 0. The van der Waals surface area contributed by atoms with Gasteiger partial charge in [0.1, 0.15) is 10.5 Å². The summed E-state index contributed by atoms with van der Waals surface area (Å²) in [6.45, 7) is 3.60. The summed E-state index contributed by atoms with van der Waals surface area (Å²) in [7, 11) is 8.74. The van der Waals surface area contributed by atoms with E-state index in [0.717, 1.165) is 15.0 Å². The molecule has 0 radical (unpaired) electrons. The molecule has 0 unspecified atom stereocenters. The van der Waals surface area contributed by atoms with Gasteiger partial charge in [-0.3, -0.25) is 0 Å². The topological polar surface area (TPSA) is 9.23 Å². The van der Waals surface area contributed by atoms with Gasteiger partial charge in [-0.05, 0) is 6.58 Å². The molecule has 0 heterocycles. The van der Waals surface area contributed by atoms with Crippen LogP contribution in [0, 0.1) is 0 Å². The lowest BCUT2D eigenvalue weighted by Crippen LogP contribution is -2.25. The van der Waals surface area contributed by atoms with Crippen molar-refractivity contribution >= 4 is 10.5 Å². The molecule has 0 saturated carbocycles. The Morgan fingerprint density at radius 2 is 1.56 bits per heavy atom. The maximum Gasteiger partial charge on any atom is 0.145 e. The molecule has 0 bridgehead atoms. The lowest BCUT2D eigenvalue weighted by Gasteiger charge is -2.15. The second kappa shape index (κ2) is 6.00. The molecule has 0 N–H and O–H groups in total. The predicted molar refractivity (Wildman–Crippen MR) is 45.2 cm³/mol. The van der Waals surface area contributed by atoms with E-state index in [9.17, 15) is 0 Å². The van der Waals surface area contributed by atoms with Gasteiger partial charge < -0.3 is 8.91 Å². The Bertz CT molecular complexity index is 67.9. The van der Waals surface area contributed by atoms with E-state index in [-0.39, 0.29) is 0 Å². The van der Waals surface area contributed by atoms with E-state index in [0.29, 0.717) is 0 Å². The molecule has 0 aromatic heterocycles. The zero-order chi connectivity index (χ0) is 7.91. The van der Waals surface area contributed by atoms with Crippen LogP contribution in [0.3, 0.4) is 0 Å². The smallest absolute Gasteiger partial charge is 0.145 e. The van der Waals surface area contributed by atoms with Crippen molar-refractivity contribution in [1.29, 1.82) is 0 Å². The predicted octanol–water partition coefficient (Wildman–Crippen LogP) is -0.251. The average molecular weight is 148 g/mol. The number of quaternary nitrogens is 1. The molecule has 0 aliphatic rings. The summed E-state index contributed by atoms with van der Waals surface area (Å²) in [5, 5.41) is 0. The quantitative estimate of drug-likeness (QED) is 0.368. The summed E-state index contributed by atoms with van der Waals surface area (Å²) in [4.78, 5) is 0. The van der Waals surface area contributed by atoms with Crippen LogP contribution in [0.4, 0.5) is 0 Å². The van der Waals surface area contributed by atoms with E-state index in [1.54, 1.807) is 7.11 Å². The first-order valence-electron chi connectivity index (χ1n) is 2.82. The fourth-order valence-corrected chi connectivity index (χ4v) is 0. The van der Waals surface area contributed by atoms with Crippen LogP contribution in [0.5, 0.6) is 0 Å². The number of hydrogen-bond donors (Lipinski definition) is 0. The van der Waals surface area contributed by atoms with Gasteiger partial charge in [0.2, 0.25) is 0 Å². The summed E-state index contributed by atoms with van der Waals surface area (Å²) >= 11 is 0. The summed E-state index contributed by atoms with van der Waals surface area (Å²) < 4.78 is 5.22. The highest BCUT2D eigenvalue weighted by Gasteiger charge is 1.94. The van der Waals surface area contributed by atoms with Crippen LogP contribution in [-0.4, -0.2) is 43.2 Å². The second-order valence-electron chi connectivity index (χ2n) is 2.71. The lowest BCUT2D eigenvalue weighted by atomic mass is 10.7. The van der Waals surface area contributed by atoms with Gasteiger partial charge >= 0.3 is 0 Å². The first-order chi connectivity index (χ1) is 3.97. The van der Waals surface area contributed by atoms with E-state index >= 15 is 0 Å². The van der Waals surface area contributed by atoms with Gasteiger partial charge in [0.25, 0.3) is 0 Å². The zero-order valence-corrected chi connectivity index (χ0v) is 9.14. The van der Waals surface area contributed by atoms with E-state index in [4.69, 9.17) is 0 Å². The third-order valence-electron chi connectivity index (χ3n) is 0.548. The molecule has 0 rings (SSSR count). The molecule has 0 aliphatic carbocycles. The molecule has 9 heavy (non-hydrogen) atoms. The molecule has 56 valence electrons. The second-order valence-corrected chi connectivity index (χ2v) is 3.52. The van der Waals surface area contributed by atoms with Crippen molar-refractivity contribution in [3.05, 3.63) is 12.8 Å². The molecule has 0 amide bonds. The fraction of sp³-hybridized carbons (Fsp3) is 0.667. The van der Waals surface area contributed by atoms with Crippen LogP contribution in [0.25, 0.3) is 0 Å². The fourth-order valence-electron chi connectivity index (χ4n) is 0. The third-order valence-corrected chi connectivity index (χ3v) is 0.548. The maximum absolute atomic E-state index is 4.39. The first-order valence-corrected chi connectivity index (χ1v) is 3.64. The molecular formula is C6H18NOSi+. The van der Waals surface area contributed by atoms with Gasteiger partial charge in [-0.1, -0.05) is 0 Å². The Hall–Kier alpha value is -0.123. The molecule has 0 spiro atoms. The van der Waals surface area contributed by atoms with Crippen LogP contribution in [0.15, 0.2) is 12.8 Å². The van der Waals surface area contributed by atoms with Crippen molar-refractivity contribution in [1.82, 2.24) is 0 Å². The van der Waals surface area contributed by atoms with Crippen LogP contribution >= 0.6 is 0 Å². The zero-order valence-electron chi connectivity index (χ0n) is 7.14. The van der Waals surface area contributed by atoms with E-state index in [1.807, 2.05) is 6.20 Å². The van der Waals surface area contributed by atoms with Gasteiger partial charge in [0.05, 0.1) is 27.3 Å². The summed E-state index contributed by atoms with van der Waals surface area (Å²) in [5.74, 6) is 0. The van der Waals surface area contributed by atoms with Gasteiger partial charge in [0, 0.05) is 7.11 Å². The number of rotatable bonds is 1. The number of nitrogens with zero attached hydrogens (tertiary/aromatic N) is 1. The SMILES string of the molecule is C=C[N+](C)(C)C.CO[SiH3]. The number of hydrogen-bond acceptors (Lipinski definition) is 1. The Labute approximate surface area is 61.3 Å². The van der Waals surface area contributed by atoms with Crippen molar-refractivity contribution in [3.63, 3.8) is 0 Å². The highest BCUT2D eigenvalue weighted by atomic mass is 28.2. The Morgan fingerprint density at radius 3 is 1.56 bits per heavy atom. The highest BCUT2D eigenvalue weighted by molar-refractivity contribution is 5.97. The summed E-state index contributed by atoms with van der Waals surface area (Å²) in [6.07, 6.45) is 1.88. The van der Waals surface area contributed by atoms with Crippen molar-refractivity contribution in [3.8, 4) is 0 Å². The normalized spacial score (nSPS) is 9.78. The van der Waals surface area contributed by atoms with Crippen LogP contribution < -0.4 is 0 Å². The summed E-state index contributed by atoms with van der Waals surface area (Å²) in [6, 6.07) is 0. The molecule has 0 aromatic carbocycles. The van der Waals surface area contributed by atoms with E-state index in [1.165, 1.54) is 0 Å². The minimum Gasteiger partial charge on any atom is -0.431 e. The van der Waals surface area contributed by atoms with E-state index < -0.39 is 0 Å². The molecule has 2 nitrogen and oxygen atoms in total.